The lowest BCUT2D eigenvalue weighted by Crippen LogP contribution is -2.44. The summed E-state index contributed by atoms with van der Waals surface area (Å²) in [5.74, 6) is 0.364. The Hall–Kier alpha value is -2.66. The zero-order valence-corrected chi connectivity index (χ0v) is 16.0. The molecule has 1 atom stereocenters. The molecule has 27 heavy (non-hydrogen) atoms. The van der Waals surface area contributed by atoms with Crippen molar-refractivity contribution in [1.29, 1.82) is 0 Å². The Kier molecular flexibility index (Phi) is 6.60. The number of benzene rings is 1. The van der Waals surface area contributed by atoms with Gasteiger partial charge in [0.15, 0.2) is 0 Å². The van der Waals surface area contributed by atoms with E-state index in [4.69, 9.17) is 0 Å². The summed E-state index contributed by atoms with van der Waals surface area (Å²) in [6.07, 6.45) is 5.23. The molecule has 1 saturated heterocycles. The maximum atomic E-state index is 12.8. The molecule has 2 aromatic rings. The van der Waals surface area contributed by atoms with Gasteiger partial charge in [-0.25, -0.2) is 4.98 Å². The predicted molar refractivity (Wildman–Crippen MR) is 111 cm³/mol. The molecule has 0 aliphatic carbocycles. The summed E-state index contributed by atoms with van der Waals surface area (Å²) in [5, 5.41) is 2.98. The number of likely N-dealkylation sites (N-methyl/N-ethyl adjacent to an activating group) is 1. The Morgan fingerprint density at radius 1 is 1.19 bits per heavy atom. The third-order valence-corrected chi connectivity index (χ3v) is 5.05. The van der Waals surface area contributed by atoms with Crippen molar-refractivity contribution >= 4 is 17.4 Å². The summed E-state index contributed by atoms with van der Waals surface area (Å²) >= 11 is 0. The van der Waals surface area contributed by atoms with Crippen molar-refractivity contribution in [3.05, 3.63) is 66.9 Å². The topological polar surface area (TPSA) is 48.5 Å². The van der Waals surface area contributed by atoms with Gasteiger partial charge in [-0.1, -0.05) is 36.4 Å². The highest BCUT2D eigenvalue weighted by Crippen LogP contribution is 2.24. The van der Waals surface area contributed by atoms with Crippen molar-refractivity contribution in [1.82, 2.24) is 9.88 Å². The Morgan fingerprint density at radius 3 is 2.56 bits per heavy atom. The van der Waals surface area contributed by atoms with Crippen LogP contribution in [0, 0.1) is 0 Å². The average molecular weight is 364 g/mol. The van der Waals surface area contributed by atoms with Gasteiger partial charge in [0.05, 0.1) is 17.8 Å². The number of aromatic nitrogens is 1. The standard InChI is InChI=1S/C22H28N4O/c1-3-4-10-20(18-8-6-5-7-9-18)22(27)24-21-12-11-19(17-23-21)26-15-13-25(2)14-16-26/h3,5-9,11-12,17,20H,1,4,10,13-16H2,2H3,(H,23,24,27). The first-order valence-corrected chi connectivity index (χ1v) is 9.53. The summed E-state index contributed by atoms with van der Waals surface area (Å²) < 4.78 is 0. The van der Waals surface area contributed by atoms with Gasteiger partial charge in [0.25, 0.3) is 0 Å². The van der Waals surface area contributed by atoms with Crippen LogP contribution in [0.2, 0.25) is 0 Å². The summed E-state index contributed by atoms with van der Waals surface area (Å²) in [6.45, 7) is 7.89. The minimum atomic E-state index is -0.205. The molecule has 1 fully saturated rings. The molecule has 1 aromatic carbocycles. The first-order chi connectivity index (χ1) is 13.2. The van der Waals surface area contributed by atoms with Gasteiger partial charge in [0, 0.05) is 26.2 Å². The number of anilines is 2. The number of allylic oxidation sites excluding steroid dienone is 1. The van der Waals surface area contributed by atoms with Crippen molar-refractivity contribution in [3.8, 4) is 0 Å². The van der Waals surface area contributed by atoms with Gasteiger partial charge in [0.2, 0.25) is 5.91 Å². The molecule has 2 heterocycles. The number of nitrogens with zero attached hydrogens (tertiary/aromatic N) is 3. The van der Waals surface area contributed by atoms with Crippen molar-refractivity contribution in [2.75, 3.05) is 43.4 Å². The second-order valence-electron chi connectivity index (χ2n) is 7.01. The van der Waals surface area contributed by atoms with Crippen LogP contribution in [0.25, 0.3) is 0 Å². The van der Waals surface area contributed by atoms with Crippen LogP contribution in [0.15, 0.2) is 61.3 Å². The van der Waals surface area contributed by atoms with Gasteiger partial charge in [-0.15, -0.1) is 6.58 Å². The van der Waals surface area contributed by atoms with Crippen LogP contribution >= 0.6 is 0 Å². The number of amides is 1. The molecule has 5 nitrogen and oxygen atoms in total. The summed E-state index contributed by atoms with van der Waals surface area (Å²) in [4.78, 5) is 22.0. The number of carbonyl (C=O) groups is 1. The van der Waals surface area contributed by atoms with E-state index in [1.54, 1.807) is 0 Å². The minimum absolute atomic E-state index is 0.0251. The van der Waals surface area contributed by atoms with Gasteiger partial charge in [-0.3, -0.25) is 4.79 Å². The molecular weight excluding hydrogens is 336 g/mol. The first-order valence-electron chi connectivity index (χ1n) is 9.53. The van der Waals surface area contributed by atoms with E-state index in [1.165, 1.54) is 0 Å². The number of nitrogens with one attached hydrogen (secondary N) is 1. The second-order valence-corrected chi connectivity index (χ2v) is 7.01. The Balaban J connectivity index is 1.65. The molecule has 0 bridgehead atoms. The first kappa shape index (κ1) is 19.1. The van der Waals surface area contributed by atoms with E-state index in [9.17, 15) is 4.79 Å². The number of piperazine rings is 1. The molecule has 0 radical (unpaired) electrons. The lowest BCUT2D eigenvalue weighted by atomic mass is 9.93. The maximum absolute atomic E-state index is 12.8. The Labute approximate surface area is 161 Å². The number of hydrogen-bond acceptors (Lipinski definition) is 4. The molecule has 0 saturated carbocycles. The van der Waals surface area contributed by atoms with Crippen LogP contribution in [0.4, 0.5) is 11.5 Å². The lowest BCUT2D eigenvalue weighted by molar-refractivity contribution is -0.117. The average Bonchev–Trinajstić information content (AvgIpc) is 2.70. The highest BCUT2D eigenvalue weighted by Gasteiger charge is 2.20. The van der Waals surface area contributed by atoms with Crippen molar-refractivity contribution in [2.45, 2.75) is 18.8 Å². The van der Waals surface area contributed by atoms with E-state index < -0.39 is 0 Å². The second kappa shape index (κ2) is 9.33. The van der Waals surface area contributed by atoms with E-state index >= 15 is 0 Å². The molecule has 1 aliphatic rings. The van der Waals surface area contributed by atoms with Crippen molar-refractivity contribution in [2.24, 2.45) is 0 Å². The van der Waals surface area contributed by atoms with Gasteiger partial charge in [-0.05, 0) is 37.6 Å². The number of carbonyl (C=O) groups excluding carboxylic acids is 1. The van der Waals surface area contributed by atoms with Crippen LogP contribution in [0.5, 0.6) is 0 Å². The smallest absolute Gasteiger partial charge is 0.233 e. The third kappa shape index (κ3) is 5.17. The van der Waals surface area contributed by atoms with E-state index in [2.05, 4.69) is 33.7 Å². The molecule has 1 unspecified atom stereocenters. The number of pyridine rings is 1. The zero-order chi connectivity index (χ0) is 19.1. The molecule has 0 spiro atoms. The van der Waals surface area contributed by atoms with E-state index in [0.717, 1.165) is 50.3 Å². The molecule has 1 aromatic heterocycles. The van der Waals surface area contributed by atoms with Crippen molar-refractivity contribution in [3.63, 3.8) is 0 Å². The van der Waals surface area contributed by atoms with E-state index in [0.29, 0.717) is 5.82 Å². The van der Waals surface area contributed by atoms with Crippen LogP contribution in [-0.2, 0) is 4.79 Å². The van der Waals surface area contributed by atoms with Gasteiger partial charge in [0.1, 0.15) is 5.82 Å². The normalized spacial score (nSPS) is 16.0. The van der Waals surface area contributed by atoms with Crippen molar-refractivity contribution < 1.29 is 4.79 Å². The fourth-order valence-corrected chi connectivity index (χ4v) is 3.34. The Morgan fingerprint density at radius 2 is 1.93 bits per heavy atom. The summed E-state index contributed by atoms with van der Waals surface area (Å²) in [6, 6.07) is 13.8. The third-order valence-electron chi connectivity index (χ3n) is 5.05. The quantitative estimate of drug-likeness (QED) is 0.764. The molecule has 1 aliphatic heterocycles. The van der Waals surface area contributed by atoms with E-state index in [1.807, 2.05) is 54.7 Å². The molecule has 1 N–H and O–H groups in total. The summed E-state index contributed by atoms with van der Waals surface area (Å²) in [7, 11) is 2.14. The van der Waals surface area contributed by atoms with Crippen LogP contribution in [-0.4, -0.2) is 49.0 Å². The van der Waals surface area contributed by atoms with Crippen LogP contribution < -0.4 is 10.2 Å². The molecule has 5 heteroatoms. The zero-order valence-electron chi connectivity index (χ0n) is 16.0. The molecule has 142 valence electrons. The lowest BCUT2D eigenvalue weighted by Gasteiger charge is -2.33. The monoisotopic (exact) mass is 364 g/mol. The van der Waals surface area contributed by atoms with Gasteiger partial charge in [-0.2, -0.15) is 0 Å². The van der Waals surface area contributed by atoms with Gasteiger partial charge < -0.3 is 15.1 Å². The number of hydrogen-bond donors (Lipinski definition) is 1. The van der Waals surface area contributed by atoms with E-state index in [-0.39, 0.29) is 11.8 Å². The highest BCUT2D eigenvalue weighted by molar-refractivity contribution is 5.95. The van der Waals surface area contributed by atoms with Gasteiger partial charge >= 0.3 is 0 Å². The maximum Gasteiger partial charge on any atom is 0.233 e. The molecule has 3 rings (SSSR count). The van der Waals surface area contributed by atoms with Crippen LogP contribution in [0.1, 0.15) is 24.3 Å². The largest absolute Gasteiger partial charge is 0.368 e. The SMILES string of the molecule is C=CCCC(C(=O)Nc1ccc(N2CCN(C)CC2)cn1)c1ccccc1. The highest BCUT2D eigenvalue weighted by atomic mass is 16.1. The fraction of sp³-hybridized carbons (Fsp3) is 0.364. The Bertz CT molecular complexity index is 737. The molecule has 1 amide bonds. The fourth-order valence-electron chi connectivity index (χ4n) is 3.34. The molecular formula is C22H28N4O. The van der Waals surface area contributed by atoms with Crippen LogP contribution in [0.3, 0.4) is 0 Å². The number of rotatable bonds is 7. The predicted octanol–water partition coefficient (Wildman–Crippen LogP) is 3.52. The minimum Gasteiger partial charge on any atom is -0.368 e. The summed E-state index contributed by atoms with van der Waals surface area (Å²) in [5.41, 5.74) is 2.12.